The summed E-state index contributed by atoms with van der Waals surface area (Å²) >= 11 is 1.36. The molecule has 1 aliphatic heterocycles. The van der Waals surface area contributed by atoms with Crippen LogP contribution in [0, 0.1) is 0 Å². The summed E-state index contributed by atoms with van der Waals surface area (Å²) in [7, 11) is -3.43. The third-order valence-corrected chi connectivity index (χ3v) is 7.47. The van der Waals surface area contributed by atoms with Crippen molar-refractivity contribution in [1.29, 1.82) is 0 Å². The fourth-order valence-corrected chi connectivity index (χ4v) is 5.88. The fourth-order valence-electron chi connectivity index (χ4n) is 3.34. The quantitative estimate of drug-likeness (QED) is 0.689. The number of thiazole rings is 1. The maximum atomic E-state index is 12.9. The van der Waals surface area contributed by atoms with Crippen LogP contribution in [-0.2, 0) is 9.84 Å². The van der Waals surface area contributed by atoms with Crippen molar-refractivity contribution in [1.82, 2.24) is 9.88 Å². The molecule has 0 aliphatic carbocycles. The van der Waals surface area contributed by atoms with Gasteiger partial charge in [0.1, 0.15) is 0 Å². The summed E-state index contributed by atoms with van der Waals surface area (Å²) in [6.07, 6.45) is 1.51. The van der Waals surface area contributed by atoms with Crippen LogP contribution >= 0.6 is 11.3 Å². The average Bonchev–Trinajstić information content (AvgIpc) is 3.28. The highest BCUT2D eigenvalue weighted by atomic mass is 32.2. The van der Waals surface area contributed by atoms with Gasteiger partial charge in [0.25, 0.3) is 5.91 Å². The van der Waals surface area contributed by atoms with Crippen molar-refractivity contribution in [3.05, 3.63) is 59.6 Å². The minimum atomic E-state index is -3.43. The predicted molar refractivity (Wildman–Crippen MR) is 102 cm³/mol. The number of nitrogens with zero attached hydrogens (tertiary/aromatic N) is 2. The molecule has 2 aromatic carbocycles. The Morgan fingerprint density at radius 2 is 1.85 bits per heavy atom. The molecule has 1 aromatic heterocycles. The molecule has 26 heavy (non-hydrogen) atoms. The molecule has 134 valence electrons. The van der Waals surface area contributed by atoms with Gasteiger partial charge in [0, 0.05) is 12.6 Å². The number of hydrogen-bond acceptors (Lipinski definition) is 5. The molecule has 5 nitrogen and oxygen atoms in total. The van der Waals surface area contributed by atoms with Crippen LogP contribution in [0.25, 0.3) is 10.2 Å². The van der Waals surface area contributed by atoms with Crippen LogP contribution in [0.3, 0.4) is 0 Å². The number of aromatic nitrogens is 1. The molecule has 1 fully saturated rings. The molecule has 0 radical (unpaired) electrons. The lowest BCUT2D eigenvalue weighted by Gasteiger charge is -2.23. The zero-order valence-electron chi connectivity index (χ0n) is 14.0. The van der Waals surface area contributed by atoms with Crippen LogP contribution in [0.1, 0.15) is 22.6 Å². The molecule has 0 bridgehead atoms. The smallest absolute Gasteiger partial charge is 0.283 e. The van der Waals surface area contributed by atoms with Gasteiger partial charge >= 0.3 is 0 Å². The Labute approximate surface area is 156 Å². The average molecular weight is 386 g/mol. The molecule has 0 N–H and O–H groups in total. The number of benzene rings is 2. The van der Waals surface area contributed by atoms with Gasteiger partial charge in [0.05, 0.1) is 20.9 Å². The predicted octanol–water partition coefficient (Wildman–Crippen LogP) is 3.37. The Hall–Kier alpha value is -2.25. The molecule has 0 spiro atoms. The van der Waals surface area contributed by atoms with E-state index >= 15 is 0 Å². The van der Waals surface area contributed by atoms with E-state index in [9.17, 15) is 13.2 Å². The number of carbonyl (C=O) groups excluding carboxylic acids is 1. The number of hydrogen-bond donors (Lipinski definition) is 0. The van der Waals surface area contributed by atoms with E-state index in [1.54, 1.807) is 35.2 Å². The lowest BCUT2D eigenvalue weighted by molar-refractivity contribution is 0.0749. The van der Waals surface area contributed by atoms with E-state index in [0.29, 0.717) is 22.9 Å². The number of amides is 1. The minimum Gasteiger partial charge on any atom is -0.333 e. The molecule has 1 unspecified atom stereocenters. The summed E-state index contributed by atoms with van der Waals surface area (Å²) in [5.41, 5.74) is 0.800. The number of carbonyl (C=O) groups is 1. The van der Waals surface area contributed by atoms with Gasteiger partial charge < -0.3 is 4.90 Å². The standard InChI is InChI=1S/C19H18N2O3S2/c22-19(18-20-16-10-4-5-11-17(16)25-18)21-12-6-7-14(21)13-26(23,24)15-8-2-1-3-9-15/h1-5,8-11,14H,6-7,12-13H2. The van der Waals surface area contributed by atoms with Crippen molar-refractivity contribution in [2.24, 2.45) is 0 Å². The molecule has 1 saturated heterocycles. The first kappa shape index (κ1) is 17.2. The monoisotopic (exact) mass is 386 g/mol. The lowest BCUT2D eigenvalue weighted by atomic mass is 10.2. The van der Waals surface area contributed by atoms with Crippen LogP contribution in [0.2, 0.25) is 0 Å². The molecule has 2 heterocycles. The van der Waals surface area contributed by atoms with E-state index in [1.165, 1.54) is 11.3 Å². The van der Waals surface area contributed by atoms with Gasteiger partial charge in [-0.3, -0.25) is 4.79 Å². The molecule has 1 atom stereocenters. The van der Waals surface area contributed by atoms with Gasteiger partial charge in [0.2, 0.25) is 0 Å². The second-order valence-electron chi connectivity index (χ2n) is 6.38. The Kier molecular flexibility index (Phi) is 4.50. The molecule has 1 amide bonds. The molecular formula is C19H18N2O3S2. The van der Waals surface area contributed by atoms with Crippen LogP contribution in [0.15, 0.2) is 59.5 Å². The summed E-state index contributed by atoms with van der Waals surface area (Å²) in [5, 5.41) is 0.426. The molecule has 3 aromatic rings. The van der Waals surface area contributed by atoms with E-state index in [2.05, 4.69) is 4.98 Å². The number of para-hydroxylation sites is 1. The number of sulfone groups is 1. The molecule has 1 aliphatic rings. The number of likely N-dealkylation sites (tertiary alicyclic amines) is 1. The maximum absolute atomic E-state index is 12.9. The molecular weight excluding hydrogens is 368 g/mol. The third-order valence-electron chi connectivity index (χ3n) is 4.63. The zero-order valence-corrected chi connectivity index (χ0v) is 15.7. The van der Waals surface area contributed by atoms with Crippen molar-refractivity contribution in [2.75, 3.05) is 12.3 Å². The van der Waals surface area contributed by atoms with Gasteiger partial charge in [-0.1, -0.05) is 30.3 Å². The molecule has 4 rings (SSSR count). The Morgan fingerprint density at radius 1 is 1.12 bits per heavy atom. The van der Waals surface area contributed by atoms with Gasteiger partial charge in [-0.2, -0.15) is 0 Å². The van der Waals surface area contributed by atoms with E-state index in [1.807, 2.05) is 24.3 Å². The molecule has 0 saturated carbocycles. The second kappa shape index (κ2) is 6.81. The summed E-state index contributed by atoms with van der Waals surface area (Å²) in [5.74, 6) is -0.217. The zero-order chi connectivity index (χ0) is 18.1. The number of rotatable bonds is 4. The van der Waals surface area contributed by atoms with Crippen molar-refractivity contribution in [3.8, 4) is 0 Å². The minimum absolute atomic E-state index is 0.0480. The van der Waals surface area contributed by atoms with E-state index in [0.717, 1.165) is 16.6 Å². The molecule has 7 heteroatoms. The summed E-state index contributed by atoms with van der Waals surface area (Å²) < 4.78 is 26.3. The van der Waals surface area contributed by atoms with Crippen LogP contribution < -0.4 is 0 Å². The largest absolute Gasteiger partial charge is 0.333 e. The second-order valence-corrected chi connectivity index (χ2v) is 9.44. The Balaban J connectivity index is 1.57. The number of fused-ring (bicyclic) bond motifs is 1. The van der Waals surface area contributed by atoms with Crippen LogP contribution in [0.5, 0.6) is 0 Å². The van der Waals surface area contributed by atoms with Gasteiger partial charge in [-0.15, -0.1) is 11.3 Å². The van der Waals surface area contributed by atoms with Crippen LogP contribution in [0.4, 0.5) is 0 Å². The summed E-state index contributed by atoms with van der Waals surface area (Å²) in [4.78, 5) is 19.3. The fraction of sp³-hybridized carbons (Fsp3) is 0.263. The highest BCUT2D eigenvalue weighted by Crippen LogP contribution is 2.27. The highest BCUT2D eigenvalue weighted by Gasteiger charge is 2.34. The summed E-state index contributed by atoms with van der Waals surface area (Å²) in [6.45, 7) is 0.573. The van der Waals surface area contributed by atoms with Crippen molar-refractivity contribution >= 4 is 37.3 Å². The lowest BCUT2D eigenvalue weighted by Crippen LogP contribution is -2.39. The van der Waals surface area contributed by atoms with Gasteiger partial charge in [-0.25, -0.2) is 13.4 Å². The Bertz CT molecular complexity index is 1010. The van der Waals surface area contributed by atoms with Crippen molar-refractivity contribution < 1.29 is 13.2 Å². The van der Waals surface area contributed by atoms with Crippen molar-refractivity contribution in [2.45, 2.75) is 23.8 Å². The maximum Gasteiger partial charge on any atom is 0.283 e. The van der Waals surface area contributed by atoms with Crippen LogP contribution in [-0.4, -0.2) is 42.5 Å². The topological polar surface area (TPSA) is 67.3 Å². The first-order chi connectivity index (χ1) is 12.5. The first-order valence-corrected chi connectivity index (χ1v) is 11.0. The van der Waals surface area contributed by atoms with Crippen molar-refractivity contribution in [3.63, 3.8) is 0 Å². The highest BCUT2D eigenvalue weighted by molar-refractivity contribution is 7.91. The SMILES string of the molecule is O=C(c1nc2ccccc2s1)N1CCCC1CS(=O)(=O)c1ccccc1. The Morgan fingerprint density at radius 3 is 2.62 bits per heavy atom. The van der Waals surface area contributed by atoms with E-state index in [-0.39, 0.29) is 17.7 Å². The van der Waals surface area contributed by atoms with E-state index < -0.39 is 9.84 Å². The normalized spacial score (nSPS) is 17.7. The summed E-state index contributed by atoms with van der Waals surface area (Å²) in [6, 6.07) is 15.7. The first-order valence-electron chi connectivity index (χ1n) is 8.49. The van der Waals surface area contributed by atoms with Gasteiger partial charge in [0.15, 0.2) is 14.8 Å². The third kappa shape index (κ3) is 3.24. The van der Waals surface area contributed by atoms with Gasteiger partial charge in [-0.05, 0) is 37.1 Å². The van der Waals surface area contributed by atoms with E-state index in [4.69, 9.17) is 0 Å².